The molecule has 0 radical (unpaired) electrons. The third kappa shape index (κ3) is 2.73. The van der Waals surface area contributed by atoms with E-state index in [1.807, 2.05) is 0 Å². The maximum atomic E-state index is 12.1. The highest BCUT2D eigenvalue weighted by Gasteiger charge is 2.22. The van der Waals surface area contributed by atoms with Gasteiger partial charge >= 0.3 is 5.69 Å². The Kier molecular flexibility index (Phi) is 4.07. The highest BCUT2D eigenvalue weighted by atomic mass is 32.2. The van der Waals surface area contributed by atoms with Gasteiger partial charge in [-0.05, 0) is 17.8 Å². The van der Waals surface area contributed by atoms with Gasteiger partial charge < -0.3 is 4.98 Å². The standard InChI is InChI=1S/C13H10N6O6S/c1-16-10-9(11(20)17(2)13(16)21)14-12(15-10)26-8-4-3-6(18(22)23)5-7(8)19(24)25/h3-5H,1-2H3,(H,14,15). The van der Waals surface area contributed by atoms with Crippen molar-refractivity contribution in [2.45, 2.75) is 10.1 Å². The summed E-state index contributed by atoms with van der Waals surface area (Å²) in [6, 6.07) is 3.21. The van der Waals surface area contributed by atoms with Crippen LogP contribution in [0.5, 0.6) is 0 Å². The summed E-state index contributed by atoms with van der Waals surface area (Å²) >= 11 is 0.823. The van der Waals surface area contributed by atoms with Crippen molar-refractivity contribution in [3.8, 4) is 0 Å². The monoisotopic (exact) mass is 378 g/mol. The lowest BCUT2D eigenvalue weighted by atomic mass is 10.3. The molecule has 0 amide bonds. The van der Waals surface area contributed by atoms with Gasteiger partial charge in [-0.15, -0.1) is 0 Å². The number of hydrogen-bond acceptors (Lipinski definition) is 8. The number of imidazole rings is 1. The van der Waals surface area contributed by atoms with E-state index in [-0.39, 0.29) is 21.2 Å². The van der Waals surface area contributed by atoms with Crippen molar-refractivity contribution in [3.63, 3.8) is 0 Å². The summed E-state index contributed by atoms with van der Waals surface area (Å²) in [5.74, 6) is 0. The number of non-ortho nitro benzene ring substituents is 1. The number of nitrogens with zero attached hydrogens (tertiary/aromatic N) is 5. The van der Waals surface area contributed by atoms with Gasteiger partial charge in [-0.1, -0.05) is 0 Å². The number of aromatic nitrogens is 4. The highest BCUT2D eigenvalue weighted by Crippen LogP contribution is 2.36. The second-order valence-electron chi connectivity index (χ2n) is 5.21. The van der Waals surface area contributed by atoms with Crippen molar-refractivity contribution in [1.82, 2.24) is 19.1 Å². The van der Waals surface area contributed by atoms with Gasteiger partial charge in [0.15, 0.2) is 16.3 Å². The lowest BCUT2D eigenvalue weighted by molar-refractivity contribution is -0.396. The zero-order valence-electron chi connectivity index (χ0n) is 13.3. The highest BCUT2D eigenvalue weighted by molar-refractivity contribution is 7.99. The first-order chi connectivity index (χ1) is 12.2. The van der Waals surface area contributed by atoms with E-state index >= 15 is 0 Å². The Morgan fingerprint density at radius 2 is 1.81 bits per heavy atom. The van der Waals surface area contributed by atoms with Gasteiger partial charge in [-0.25, -0.2) is 9.78 Å². The first kappa shape index (κ1) is 17.3. The molecule has 0 aliphatic rings. The predicted molar refractivity (Wildman–Crippen MR) is 90.4 cm³/mol. The van der Waals surface area contributed by atoms with Crippen LogP contribution in [0.1, 0.15) is 0 Å². The summed E-state index contributed by atoms with van der Waals surface area (Å²) in [5.41, 5.74) is -1.85. The molecule has 26 heavy (non-hydrogen) atoms. The number of H-pyrrole nitrogens is 1. The van der Waals surface area contributed by atoms with Gasteiger partial charge in [-0.3, -0.25) is 34.2 Å². The third-order valence-corrected chi connectivity index (χ3v) is 4.58. The molecule has 12 nitrogen and oxygen atoms in total. The van der Waals surface area contributed by atoms with Gasteiger partial charge in [0.2, 0.25) is 0 Å². The summed E-state index contributed by atoms with van der Waals surface area (Å²) in [4.78, 5) is 51.5. The number of fused-ring (bicyclic) bond motifs is 1. The number of aromatic amines is 1. The average Bonchev–Trinajstić information content (AvgIpc) is 3.02. The smallest absolute Gasteiger partial charge is 0.327 e. The molecule has 3 rings (SSSR count). The van der Waals surface area contributed by atoms with Crippen LogP contribution >= 0.6 is 11.8 Å². The number of benzene rings is 1. The fourth-order valence-electron chi connectivity index (χ4n) is 2.31. The molecule has 2 aromatic heterocycles. The Bertz CT molecular complexity index is 1190. The summed E-state index contributed by atoms with van der Waals surface area (Å²) in [7, 11) is 2.76. The molecule has 0 saturated heterocycles. The molecule has 0 fully saturated rings. The molecule has 0 atom stereocenters. The van der Waals surface area contributed by atoms with Gasteiger partial charge in [0, 0.05) is 20.2 Å². The summed E-state index contributed by atoms with van der Waals surface area (Å²) in [6.45, 7) is 0. The van der Waals surface area contributed by atoms with E-state index in [1.165, 1.54) is 24.7 Å². The summed E-state index contributed by atoms with van der Waals surface area (Å²) < 4.78 is 2.07. The second kappa shape index (κ2) is 6.11. The molecule has 3 aromatic rings. The zero-order chi connectivity index (χ0) is 19.2. The number of nitrogens with one attached hydrogen (secondary N) is 1. The minimum absolute atomic E-state index is 0.0710. The number of hydrogen-bond donors (Lipinski definition) is 1. The number of aryl methyl sites for hydroxylation is 1. The number of rotatable bonds is 4. The van der Waals surface area contributed by atoms with Gasteiger partial charge in [0.1, 0.15) is 0 Å². The van der Waals surface area contributed by atoms with Crippen LogP contribution in [-0.4, -0.2) is 28.9 Å². The van der Waals surface area contributed by atoms with Gasteiger partial charge in [0.25, 0.3) is 16.9 Å². The maximum Gasteiger partial charge on any atom is 0.332 e. The van der Waals surface area contributed by atoms with Crippen molar-refractivity contribution in [1.29, 1.82) is 0 Å². The fraction of sp³-hybridized carbons (Fsp3) is 0.154. The third-order valence-electron chi connectivity index (χ3n) is 3.63. The topological polar surface area (TPSA) is 159 Å². The van der Waals surface area contributed by atoms with Crippen LogP contribution in [0.25, 0.3) is 11.2 Å². The Labute approximate surface area is 147 Å². The van der Waals surface area contributed by atoms with Crippen molar-refractivity contribution in [3.05, 3.63) is 59.3 Å². The van der Waals surface area contributed by atoms with E-state index in [9.17, 15) is 29.8 Å². The summed E-state index contributed by atoms with van der Waals surface area (Å²) in [6.07, 6.45) is 0. The first-order valence-electron chi connectivity index (χ1n) is 6.97. The van der Waals surface area contributed by atoms with Crippen LogP contribution in [0.15, 0.2) is 37.8 Å². The maximum absolute atomic E-state index is 12.1. The molecule has 0 unspecified atom stereocenters. The normalized spacial score (nSPS) is 11.0. The van der Waals surface area contributed by atoms with Crippen LogP contribution in [0.4, 0.5) is 11.4 Å². The van der Waals surface area contributed by atoms with Crippen molar-refractivity contribution in [2.24, 2.45) is 14.1 Å². The van der Waals surface area contributed by atoms with Crippen molar-refractivity contribution >= 4 is 34.3 Å². The number of nitro benzene ring substituents is 2. The van der Waals surface area contributed by atoms with Crippen molar-refractivity contribution < 1.29 is 9.85 Å². The Morgan fingerprint density at radius 1 is 1.12 bits per heavy atom. The van der Waals surface area contributed by atoms with Gasteiger partial charge in [-0.2, -0.15) is 0 Å². The van der Waals surface area contributed by atoms with E-state index < -0.39 is 32.5 Å². The molecule has 0 saturated carbocycles. The van der Waals surface area contributed by atoms with Gasteiger partial charge in [0.05, 0.1) is 20.8 Å². The van der Waals surface area contributed by atoms with Crippen LogP contribution in [0.2, 0.25) is 0 Å². The molecule has 1 N–H and O–H groups in total. The van der Waals surface area contributed by atoms with E-state index in [0.29, 0.717) is 0 Å². The molecule has 0 spiro atoms. The fourth-order valence-corrected chi connectivity index (χ4v) is 3.17. The molecule has 134 valence electrons. The summed E-state index contributed by atoms with van der Waals surface area (Å²) in [5, 5.41) is 22.1. The van der Waals surface area contributed by atoms with E-state index in [1.54, 1.807) is 0 Å². The minimum Gasteiger partial charge on any atom is -0.327 e. The molecule has 0 aliphatic heterocycles. The Morgan fingerprint density at radius 3 is 2.42 bits per heavy atom. The van der Waals surface area contributed by atoms with E-state index in [4.69, 9.17) is 0 Å². The molecular formula is C13H10N6O6S. The molecule has 0 aliphatic carbocycles. The predicted octanol–water partition coefficient (Wildman–Crippen LogP) is 0.928. The average molecular weight is 378 g/mol. The largest absolute Gasteiger partial charge is 0.332 e. The lowest BCUT2D eigenvalue weighted by Gasteiger charge is -2.00. The van der Waals surface area contributed by atoms with E-state index in [0.717, 1.165) is 28.5 Å². The Balaban J connectivity index is 2.13. The number of nitro groups is 2. The van der Waals surface area contributed by atoms with Crippen LogP contribution in [-0.2, 0) is 14.1 Å². The molecule has 1 aromatic carbocycles. The molecule has 2 heterocycles. The Hall–Kier alpha value is -3.48. The van der Waals surface area contributed by atoms with Crippen LogP contribution in [0.3, 0.4) is 0 Å². The second-order valence-corrected chi connectivity index (χ2v) is 6.25. The van der Waals surface area contributed by atoms with Crippen LogP contribution in [0, 0.1) is 20.2 Å². The van der Waals surface area contributed by atoms with Crippen molar-refractivity contribution in [2.75, 3.05) is 0 Å². The SMILES string of the molecule is Cn1c(=O)c2[nH]c(Sc3ccc([N+](=O)[O-])cc3[N+](=O)[O-])nc2n(C)c1=O. The zero-order valence-corrected chi connectivity index (χ0v) is 14.1. The molecule has 13 heteroatoms. The first-order valence-corrected chi connectivity index (χ1v) is 7.78. The van der Waals surface area contributed by atoms with Crippen LogP contribution < -0.4 is 11.2 Å². The molecular weight excluding hydrogens is 368 g/mol. The van der Waals surface area contributed by atoms with E-state index in [2.05, 4.69) is 9.97 Å². The lowest BCUT2D eigenvalue weighted by Crippen LogP contribution is -2.36. The quantitative estimate of drug-likeness (QED) is 0.518. The molecule has 0 bridgehead atoms. The minimum atomic E-state index is -0.743.